The zero-order chi connectivity index (χ0) is 19.1. The van der Waals surface area contributed by atoms with E-state index in [1.165, 1.54) is 11.3 Å². The van der Waals surface area contributed by atoms with E-state index in [-0.39, 0.29) is 5.91 Å². The van der Waals surface area contributed by atoms with Crippen LogP contribution >= 0.6 is 22.9 Å². The topological polar surface area (TPSA) is 46.9 Å². The molecule has 0 saturated heterocycles. The van der Waals surface area contributed by atoms with Crippen molar-refractivity contribution in [2.75, 3.05) is 5.32 Å². The van der Waals surface area contributed by atoms with Crippen molar-refractivity contribution in [3.8, 4) is 11.3 Å². The van der Waals surface area contributed by atoms with Gasteiger partial charge in [0.15, 0.2) is 0 Å². The van der Waals surface area contributed by atoms with Crippen LogP contribution in [0.5, 0.6) is 0 Å². The molecule has 0 fully saturated rings. The van der Waals surface area contributed by atoms with Crippen LogP contribution in [-0.2, 0) is 7.05 Å². The maximum atomic E-state index is 12.8. The molecule has 0 saturated carbocycles. The number of carbonyl (C=O) groups is 1. The number of nitrogens with one attached hydrogen (secondary N) is 1. The number of carbonyl (C=O) groups excluding carboxylic acids is 1. The fourth-order valence-corrected chi connectivity index (χ4v) is 4.12. The molecule has 0 aliphatic carbocycles. The van der Waals surface area contributed by atoms with Crippen LogP contribution in [-0.4, -0.2) is 15.7 Å². The van der Waals surface area contributed by atoms with E-state index in [0.717, 1.165) is 38.3 Å². The van der Waals surface area contributed by atoms with E-state index in [0.29, 0.717) is 9.90 Å². The molecule has 2 aromatic heterocycles. The van der Waals surface area contributed by atoms with Crippen molar-refractivity contribution in [1.82, 2.24) is 9.78 Å². The van der Waals surface area contributed by atoms with E-state index in [2.05, 4.69) is 10.4 Å². The van der Waals surface area contributed by atoms with Crippen LogP contribution in [0.2, 0.25) is 5.02 Å². The number of halogens is 1. The van der Waals surface area contributed by atoms with Gasteiger partial charge >= 0.3 is 0 Å². The molecule has 27 heavy (non-hydrogen) atoms. The summed E-state index contributed by atoms with van der Waals surface area (Å²) >= 11 is 7.43. The van der Waals surface area contributed by atoms with Gasteiger partial charge in [-0.25, -0.2) is 0 Å². The molecule has 4 nitrogen and oxygen atoms in total. The number of aromatic nitrogens is 2. The summed E-state index contributed by atoms with van der Waals surface area (Å²) in [6, 6.07) is 15.5. The Morgan fingerprint density at radius 1 is 1.11 bits per heavy atom. The van der Waals surface area contributed by atoms with Crippen LogP contribution in [0.25, 0.3) is 21.5 Å². The summed E-state index contributed by atoms with van der Waals surface area (Å²) < 4.78 is 1.82. The number of benzene rings is 2. The summed E-state index contributed by atoms with van der Waals surface area (Å²) in [6.07, 6.45) is 0. The first-order chi connectivity index (χ1) is 12.9. The normalized spacial score (nSPS) is 11.1. The second kappa shape index (κ2) is 6.83. The van der Waals surface area contributed by atoms with Crippen LogP contribution in [0, 0.1) is 13.8 Å². The molecule has 4 rings (SSSR count). The van der Waals surface area contributed by atoms with E-state index in [4.69, 9.17) is 11.6 Å². The number of aryl methyl sites for hydroxylation is 3. The number of fused-ring (bicyclic) bond motifs is 1. The molecule has 136 valence electrons. The molecular formula is C21H18ClN3OS. The molecule has 0 bridgehead atoms. The maximum absolute atomic E-state index is 12.8. The van der Waals surface area contributed by atoms with Gasteiger partial charge in [0.25, 0.3) is 5.91 Å². The minimum atomic E-state index is -0.105. The number of rotatable bonds is 3. The minimum Gasteiger partial charge on any atom is -0.321 e. The Hall–Kier alpha value is -2.63. The predicted octanol–water partition coefficient (Wildman–Crippen LogP) is 5.82. The summed E-state index contributed by atoms with van der Waals surface area (Å²) in [6.45, 7) is 4.00. The summed E-state index contributed by atoms with van der Waals surface area (Å²) in [5, 5.41) is 9.29. The zero-order valence-electron chi connectivity index (χ0n) is 15.2. The molecule has 1 N–H and O–H groups in total. The average molecular weight is 396 g/mol. The van der Waals surface area contributed by atoms with Crippen molar-refractivity contribution >= 4 is 44.7 Å². The first-order valence-corrected chi connectivity index (χ1v) is 9.73. The molecule has 0 spiro atoms. The monoisotopic (exact) mass is 395 g/mol. The van der Waals surface area contributed by atoms with Crippen molar-refractivity contribution in [3.63, 3.8) is 0 Å². The van der Waals surface area contributed by atoms with E-state index < -0.39 is 0 Å². The number of amides is 1. The number of hydrogen-bond donors (Lipinski definition) is 1. The zero-order valence-corrected chi connectivity index (χ0v) is 16.8. The van der Waals surface area contributed by atoms with Gasteiger partial charge in [0.05, 0.1) is 4.88 Å². The van der Waals surface area contributed by atoms with Gasteiger partial charge in [-0.3, -0.25) is 9.48 Å². The number of nitrogens with zero attached hydrogens (tertiary/aromatic N) is 2. The highest BCUT2D eigenvalue weighted by Crippen LogP contribution is 2.34. The Morgan fingerprint density at radius 3 is 2.59 bits per heavy atom. The van der Waals surface area contributed by atoms with Crippen LogP contribution in [0.15, 0.2) is 48.5 Å². The lowest BCUT2D eigenvalue weighted by Crippen LogP contribution is -2.11. The van der Waals surface area contributed by atoms with Crippen LogP contribution in [0.4, 0.5) is 5.69 Å². The van der Waals surface area contributed by atoms with Gasteiger partial charge in [0, 0.05) is 28.7 Å². The van der Waals surface area contributed by atoms with Crippen LogP contribution in [0.1, 0.15) is 20.8 Å². The Labute approximate surface area is 166 Å². The third kappa shape index (κ3) is 3.36. The second-order valence-corrected chi connectivity index (χ2v) is 8.05. The number of thiophene rings is 1. The third-order valence-electron chi connectivity index (χ3n) is 4.49. The van der Waals surface area contributed by atoms with E-state index in [9.17, 15) is 4.79 Å². The maximum Gasteiger partial charge on any atom is 0.265 e. The Kier molecular flexibility index (Phi) is 4.50. The van der Waals surface area contributed by atoms with Crippen LogP contribution in [0.3, 0.4) is 0 Å². The highest BCUT2D eigenvalue weighted by molar-refractivity contribution is 7.20. The average Bonchev–Trinajstić information content (AvgIpc) is 3.20. The fourth-order valence-electron chi connectivity index (χ4n) is 3.03. The molecule has 0 aliphatic rings. The first-order valence-electron chi connectivity index (χ1n) is 8.53. The minimum absolute atomic E-state index is 0.105. The van der Waals surface area contributed by atoms with Gasteiger partial charge < -0.3 is 5.32 Å². The molecule has 0 aliphatic heterocycles. The SMILES string of the molecule is Cc1ccc(C)c(NC(=O)c2cc3c(-c4ccc(Cl)cc4)nn(C)c3s2)c1. The lowest BCUT2D eigenvalue weighted by molar-refractivity contribution is 0.103. The third-order valence-corrected chi connectivity index (χ3v) is 5.95. The van der Waals surface area contributed by atoms with E-state index in [1.807, 2.05) is 74.1 Å². The molecule has 2 aromatic carbocycles. The number of anilines is 1. The van der Waals surface area contributed by atoms with Crippen molar-refractivity contribution in [2.24, 2.45) is 7.05 Å². The highest BCUT2D eigenvalue weighted by atomic mass is 35.5. The summed E-state index contributed by atoms with van der Waals surface area (Å²) in [5.41, 5.74) is 4.82. The lowest BCUT2D eigenvalue weighted by atomic mass is 10.1. The molecule has 1 amide bonds. The summed E-state index contributed by atoms with van der Waals surface area (Å²) in [4.78, 5) is 14.4. The smallest absolute Gasteiger partial charge is 0.265 e. The Bertz CT molecular complexity index is 1160. The van der Waals surface area contributed by atoms with Crippen molar-refractivity contribution in [2.45, 2.75) is 13.8 Å². The molecule has 0 radical (unpaired) electrons. The van der Waals surface area contributed by atoms with Crippen molar-refractivity contribution in [1.29, 1.82) is 0 Å². The summed E-state index contributed by atoms with van der Waals surface area (Å²) in [5.74, 6) is -0.105. The van der Waals surface area contributed by atoms with Crippen LogP contribution < -0.4 is 5.32 Å². The van der Waals surface area contributed by atoms with E-state index in [1.54, 1.807) is 0 Å². The van der Waals surface area contributed by atoms with Gasteiger partial charge in [-0.1, -0.05) is 35.9 Å². The predicted molar refractivity (Wildman–Crippen MR) is 113 cm³/mol. The van der Waals surface area contributed by atoms with Gasteiger partial charge in [-0.15, -0.1) is 11.3 Å². The molecule has 6 heteroatoms. The lowest BCUT2D eigenvalue weighted by Gasteiger charge is -2.08. The van der Waals surface area contributed by atoms with Gasteiger partial charge in [0.2, 0.25) is 0 Å². The molecule has 0 atom stereocenters. The summed E-state index contributed by atoms with van der Waals surface area (Å²) in [7, 11) is 1.89. The van der Waals surface area contributed by atoms with Crippen molar-refractivity contribution < 1.29 is 4.79 Å². The standard InChI is InChI=1S/C21H18ClN3OS/c1-12-4-5-13(2)17(10-12)23-20(26)18-11-16-19(24-25(3)21(16)27-18)14-6-8-15(22)9-7-14/h4-11H,1-3H3,(H,23,26). The molecule has 0 unspecified atom stereocenters. The van der Waals surface area contributed by atoms with Gasteiger partial charge in [-0.2, -0.15) is 5.10 Å². The number of hydrogen-bond acceptors (Lipinski definition) is 3. The van der Waals surface area contributed by atoms with Gasteiger partial charge in [0.1, 0.15) is 10.5 Å². The second-order valence-electron chi connectivity index (χ2n) is 6.58. The Balaban J connectivity index is 1.71. The quantitative estimate of drug-likeness (QED) is 0.474. The van der Waals surface area contributed by atoms with Gasteiger partial charge in [-0.05, 0) is 49.2 Å². The fraction of sp³-hybridized carbons (Fsp3) is 0.143. The largest absolute Gasteiger partial charge is 0.321 e. The molecule has 4 aromatic rings. The molecule has 2 heterocycles. The van der Waals surface area contributed by atoms with Crippen molar-refractivity contribution in [3.05, 3.63) is 69.6 Å². The molecular weight excluding hydrogens is 378 g/mol. The Morgan fingerprint density at radius 2 is 1.85 bits per heavy atom. The van der Waals surface area contributed by atoms with E-state index >= 15 is 0 Å². The first kappa shape index (κ1) is 17.8. The highest BCUT2D eigenvalue weighted by Gasteiger charge is 2.18.